The third-order valence-corrected chi connectivity index (χ3v) is 6.49. The molecule has 2 aliphatic rings. The van der Waals surface area contributed by atoms with Crippen LogP contribution in [0.25, 0.3) is 10.9 Å². The van der Waals surface area contributed by atoms with Crippen LogP contribution >= 0.6 is 11.8 Å². The first-order chi connectivity index (χ1) is 15.9. The van der Waals surface area contributed by atoms with E-state index in [2.05, 4.69) is 15.6 Å². The second kappa shape index (κ2) is 8.32. The van der Waals surface area contributed by atoms with Crippen LogP contribution in [-0.2, 0) is 4.79 Å². The Balaban J connectivity index is 1.30. The number of fused-ring (bicyclic) bond motifs is 2. The molecule has 8 nitrogen and oxygen atoms in total. The molecule has 4 amide bonds. The van der Waals surface area contributed by atoms with Gasteiger partial charge >= 0.3 is 0 Å². The SMILES string of the molecule is CN1C(=O)c2ccc(NC(=O)CSc3cc(C(=O)NC4CC4)c4ccccc4n3)cc2C1=O. The molecule has 0 atom stereocenters. The quantitative estimate of drug-likeness (QED) is 0.432. The van der Waals surface area contributed by atoms with E-state index in [1.165, 1.54) is 30.9 Å². The topological polar surface area (TPSA) is 108 Å². The van der Waals surface area contributed by atoms with Crippen LogP contribution in [0.5, 0.6) is 0 Å². The molecule has 33 heavy (non-hydrogen) atoms. The Hall–Kier alpha value is -3.72. The summed E-state index contributed by atoms with van der Waals surface area (Å²) >= 11 is 1.22. The average Bonchev–Trinajstić information content (AvgIpc) is 3.61. The highest BCUT2D eigenvalue weighted by Gasteiger charge is 2.32. The van der Waals surface area contributed by atoms with Crippen molar-refractivity contribution < 1.29 is 19.2 Å². The first-order valence-electron chi connectivity index (χ1n) is 10.5. The molecule has 0 unspecified atom stereocenters. The van der Waals surface area contributed by atoms with Crippen molar-refractivity contribution in [3.8, 4) is 0 Å². The summed E-state index contributed by atoms with van der Waals surface area (Å²) < 4.78 is 0. The molecule has 2 heterocycles. The number of rotatable bonds is 6. The summed E-state index contributed by atoms with van der Waals surface area (Å²) in [5.41, 5.74) is 2.27. The summed E-state index contributed by atoms with van der Waals surface area (Å²) in [4.78, 5) is 55.1. The van der Waals surface area contributed by atoms with Crippen LogP contribution in [0.2, 0.25) is 0 Å². The van der Waals surface area contributed by atoms with Gasteiger partial charge in [-0.25, -0.2) is 4.98 Å². The number of nitrogens with zero attached hydrogens (tertiary/aromatic N) is 2. The van der Waals surface area contributed by atoms with Crippen LogP contribution in [0.15, 0.2) is 53.6 Å². The number of imide groups is 1. The van der Waals surface area contributed by atoms with Crippen molar-refractivity contribution in [2.75, 3.05) is 18.1 Å². The third kappa shape index (κ3) is 4.19. The monoisotopic (exact) mass is 460 g/mol. The molecule has 5 rings (SSSR count). The Kier molecular flexibility index (Phi) is 5.33. The van der Waals surface area contributed by atoms with Crippen molar-refractivity contribution in [1.82, 2.24) is 15.2 Å². The molecule has 1 aliphatic carbocycles. The molecule has 3 aromatic rings. The zero-order valence-electron chi connectivity index (χ0n) is 17.8. The van der Waals surface area contributed by atoms with E-state index in [9.17, 15) is 19.2 Å². The van der Waals surface area contributed by atoms with Gasteiger partial charge < -0.3 is 10.6 Å². The van der Waals surface area contributed by atoms with Crippen LogP contribution in [0.3, 0.4) is 0 Å². The molecule has 1 aliphatic heterocycles. The molecular formula is C24H20N4O4S. The number of para-hydroxylation sites is 1. The van der Waals surface area contributed by atoms with E-state index in [1.54, 1.807) is 12.1 Å². The number of hydrogen-bond acceptors (Lipinski definition) is 6. The second-order valence-corrected chi connectivity index (χ2v) is 9.04. The summed E-state index contributed by atoms with van der Waals surface area (Å²) in [7, 11) is 1.43. The van der Waals surface area contributed by atoms with Crippen molar-refractivity contribution >= 4 is 52.0 Å². The Morgan fingerprint density at radius 3 is 2.61 bits per heavy atom. The number of pyridine rings is 1. The van der Waals surface area contributed by atoms with E-state index in [0.29, 0.717) is 27.4 Å². The van der Waals surface area contributed by atoms with Gasteiger partial charge in [0.2, 0.25) is 5.91 Å². The molecule has 1 aromatic heterocycles. The minimum atomic E-state index is -0.391. The zero-order chi connectivity index (χ0) is 23.1. The van der Waals surface area contributed by atoms with Gasteiger partial charge in [0.25, 0.3) is 17.7 Å². The van der Waals surface area contributed by atoms with Crippen LogP contribution in [-0.4, -0.2) is 52.4 Å². The Morgan fingerprint density at radius 1 is 1.06 bits per heavy atom. The number of nitrogens with one attached hydrogen (secondary N) is 2. The number of amides is 4. The summed E-state index contributed by atoms with van der Waals surface area (Å²) in [5, 5.41) is 7.10. The molecule has 0 radical (unpaired) electrons. The number of thioether (sulfide) groups is 1. The van der Waals surface area contributed by atoms with Gasteiger partial charge in [0.15, 0.2) is 0 Å². The maximum absolute atomic E-state index is 12.7. The normalized spacial score (nSPS) is 15.0. The van der Waals surface area contributed by atoms with E-state index >= 15 is 0 Å². The van der Waals surface area contributed by atoms with Crippen molar-refractivity contribution in [1.29, 1.82) is 0 Å². The summed E-state index contributed by atoms with van der Waals surface area (Å²) in [6.45, 7) is 0. The van der Waals surface area contributed by atoms with Crippen LogP contribution in [0.1, 0.15) is 43.9 Å². The van der Waals surface area contributed by atoms with Gasteiger partial charge in [0.05, 0.1) is 33.0 Å². The third-order valence-electron chi connectivity index (χ3n) is 5.57. The largest absolute Gasteiger partial charge is 0.349 e. The number of carbonyl (C=O) groups excluding carboxylic acids is 4. The van der Waals surface area contributed by atoms with Crippen molar-refractivity contribution in [2.24, 2.45) is 0 Å². The van der Waals surface area contributed by atoms with Crippen LogP contribution in [0, 0.1) is 0 Å². The van der Waals surface area contributed by atoms with Gasteiger partial charge in [-0.3, -0.25) is 24.1 Å². The highest BCUT2D eigenvalue weighted by molar-refractivity contribution is 7.99. The van der Waals surface area contributed by atoms with Crippen molar-refractivity contribution in [3.63, 3.8) is 0 Å². The predicted octanol–water partition coefficient (Wildman–Crippen LogP) is 3.08. The zero-order valence-corrected chi connectivity index (χ0v) is 18.6. The maximum Gasteiger partial charge on any atom is 0.261 e. The van der Waals surface area contributed by atoms with Gasteiger partial charge in [0.1, 0.15) is 0 Å². The number of carbonyl (C=O) groups is 4. The molecule has 0 spiro atoms. The lowest BCUT2D eigenvalue weighted by Crippen LogP contribution is -2.25. The fraction of sp³-hybridized carbons (Fsp3) is 0.208. The maximum atomic E-state index is 12.7. The second-order valence-electron chi connectivity index (χ2n) is 8.04. The predicted molar refractivity (Wildman–Crippen MR) is 124 cm³/mol. The molecule has 0 bridgehead atoms. The summed E-state index contributed by atoms with van der Waals surface area (Å²) in [5.74, 6) is -1.10. The van der Waals surface area contributed by atoms with Crippen LogP contribution < -0.4 is 10.6 Å². The van der Waals surface area contributed by atoms with Crippen molar-refractivity contribution in [3.05, 3.63) is 65.2 Å². The van der Waals surface area contributed by atoms with Gasteiger partial charge in [0, 0.05) is 24.2 Å². The molecule has 1 fully saturated rings. The van der Waals surface area contributed by atoms with Crippen molar-refractivity contribution in [2.45, 2.75) is 23.9 Å². The lowest BCUT2D eigenvalue weighted by Gasteiger charge is -2.10. The van der Waals surface area contributed by atoms with Gasteiger partial charge in [-0.05, 0) is 43.2 Å². The smallest absolute Gasteiger partial charge is 0.261 e. The van der Waals surface area contributed by atoms with Gasteiger partial charge in [-0.15, -0.1) is 0 Å². The number of benzene rings is 2. The number of anilines is 1. The first-order valence-corrected chi connectivity index (χ1v) is 11.5. The standard InChI is InChI=1S/C24H20N4O4S/c1-28-23(31)16-9-8-14(10-18(16)24(28)32)25-20(29)12-33-21-11-17(22(30)26-13-6-7-13)15-4-2-3-5-19(15)27-21/h2-5,8-11,13H,6-7,12H2,1H3,(H,25,29)(H,26,30). The molecule has 1 saturated carbocycles. The van der Waals surface area contributed by atoms with E-state index in [1.807, 2.05) is 24.3 Å². The summed E-state index contributed by atoms with van der Waals surface area (Å²) in [6.07, 6.45) is 1.99. The molecule has 0 saturated heterocycles. The van der Waals surface area contributed by atoms with E-state index in [0.717, 1.165) is 23.1 Å². The minimum absolute atomic E-state index is 0.0683. The lowest BCUT2D eigenvalue weighted by molar-refractivity contribution is -0.113. The van der Waals surface area contributed by atoms with E-state index in [-0.39, 0.29) is 35.1 Å². The molecule has 2 aromatic carbocycles. The Labute approximate surface area is 193 Å². The van der Waals surface area contributed by atoms with Gasteiger partial charge in [-0.2, -0.15) is 0 Å². The molecule has 9 heteroatoms. The average molecular weight is 461 g/mol. The fourth-order valence-corrected chi connectivity index (χ4v) is 4.39. The Morgan fingerprint density at radius 2 is 1.82 bits per heavy atom. The van der Waals surface area contributed by atoms with E-state index < -0.39 is 5.91 Å². The first kappa shape index (κ1) is 21.1. The highest BCUT2D eigenvalue weighted by atomic mass is 32.2. The molecular weight excluding hydrogens is 440 g/mol. The fourth-order valence-electron chi connectivity index (χ4n) is 3.68. The van der Waals surface area contributed by atoms with Crippen LogP contribution in [0.4, 0.5) is 5.69 Å². The number of aromatic nitrogens is 1. The van der Waals surface area contributed by atoms with E-state index in [4.69, 9.17) is 0 Å². The van der Waals surface area contributed by atoms with Gasteiger partial charge in [-0.1, -0.05) is 30.0 Å². The minimum Gasteiger partial charge on any atom is -0.349 e. The lowest BCUT2D eigenvalue weighted by atomic mass is 10.1. The Bertz CT molecular complexity index is 1340. The molecule has 2 N–H and O–H groups in total. The molecule has 166 valence electrons. The highest BCUT2D eigenvalue weighted by Crippen LogP contribution is 2.27. The summed E-state index contributed by atoms with van der Waals surface area (Å²) in [6, 6.07) is 14.0. The number of hydrogen-bond donors (Lipinski definition) is 2.